The van der Waals surface area contributed by atoms with Gasteiger partial charge in [-0.1, -0.05) is 6.92 Å². The number of ether oxygens (including phenoxy) is 1. The number of aryl methyl sites for hydroxylation is 1. The number of carbonyl (C=O) groups excluding carboxylic acids is 1. The number of benzene rings is 1. The smallest absolute Gasteiger partial charge is 0.364 e. The van der Waals surface area contributed by atoms with Crippen molar-refractivity contribution in [2.75, 3.05) is 7.11 Å². The number of methoxy groups -OCH3 is 1. The topological polar surface area (TPSA) is 102 Å². The largest absolute Gasteiger partial charge is 0.392 e. The quantitative estimate of drug-likeness (QED) is 0.573. The van der Waals surface area contributed by atoms with Crippen molar-refractivity contribution >= 4 is 16.1 Å². The lowest BCUT2D eigenvalue weighted by atomic mass is 9.55. The van der Waals surface area contributed by atoms with Crippen LogP contribution in [-0.4, -0.2) is 25.9 Å². The van der Waals surface area contributed by atoms with Crippen LogP contribution in [0.3, 0.4) is 0 Å². The van der Waals surface area contributed by atoms with Crippen LogP contribution >= 0.6 is 0 Å². The molecule has 1 aromatic rings. The van der Waals surface area contributed by atoms with Crippen LogP contribution in [-0.2, 0) is 32.9 Å². The van der Waals surface area contributed by atoms with Gasteiger partial charge in [0.25, 0.3) is 0 Å². The molecular formula is C20H27NO6S. The van der Waals surface area contributed by atoms with E-state index in [0.717, 1.165) is 43.2 Å². The van der Waals surface area contributed by atoms with E-state index in [4.69, 9.17) is 14.1 Å². The zero-order valence-corrected chi connectivity index (χ0v) is 17.0. The van der Waals surface area contributed by atoms with Crippen LogP contribution in [0.15, 0.2) is 12.1 Å². The molecule has 4 rings (SSSR count). The Balaban J connectivity index is 1.67. The molecule has 154 valence electrons. The lowest BCUT2D eigenvalue weighted by molar-refractivity contribution is -0.129. The molecule has 0 spiro atoms. The summed E-state index contributed by atoms with van der Waals surface area (Å²) in [7, 11) is -2.89. The molecule has 0 aliphatic heterocycles. The summed E-state index contributed by atoms with van der Waals surface area (Å²) in [5.41, 5.74) is 2.98. The van der Waals surface area contributed by atoms with E-state index >= 15 is 0 Å². The van der Waals surface area contributed by atoms with Crippen molar-refractivity contribution in [2.24, 2.45) is 17.3 Å². The van der Waals surface area contributed by atoms with Crippen molar-refractivity contribution in [2.45, 2.75) is 58.0 Å². The molecule has 0 amide bonds. The monoisotopic (exact) mass is 409 g/mol. The Bertz CT molecular complexity index is 898. The molecule has 0 aromatic heterocycles. The Hall–Kier alpha value is -1.48. The first-order chi connectivity index (χ1) is 13.2. The van der Waals surface area contributed by atoms with Gasteiger partial charge in [-0.3, -0.25) is 9.35 Å². The zero-order valence-electron chi connectivity index (χ0n) is 16.2. The molecule has 0 heterocycles. The first-order valence-electron chi connectivity index (χ1n) is 9.82. The number of carbonyl (C=O) groups is 1. The molecule has 3 aliphatic rings. The summed E-state index contributed by atoms with van der Waals surface area (Å²) in [5.74, 6) is 2.15. The van der Waals surface area contributed by atoms with Gasteiger partial charge < -0.3 is 9.57 Å². The number of hydrogen-bond donors (Lipinski definition) is 2. The van der Waals surface area contributed by atoms with Gasteiger partial charge >= 0.3 is 10.3 Å². The van der Waals surface area contributed by atoms with Gasteiger partial charge in [-0.15, -0.1) is 0 Å². The Morgan fingerprint density at radius 2 is 2.04 bits per heavy atom. The van der Waals surface area contributed by atoms with Crippen LogP contribution < -0.4 is 9.72 Å². The molecule has 7 nitrogen and oxygen atoms in total. The molecule has 0 saturated heterocycles. The standard InChI is InChI=1S/C20H27NO6S/c1-20-8-7-14-15(17(20)5-6-19(20)22)4-3-12-10-18(27-21-28(23,24)25)13(11-26-2)9-16(12)14/h9-10,14-15,17,21H,3-8,11H2,1-2H3,(H,23,24,25)/t14-,15+,17-,20-/m0/s1. The zero-order chi connectivity index (χ0) is 20.1. The summed E-state index contributed by atoms with van der Waals surface area (Å²) < 4.78 is 36.1. The summed E-state index contributed by atoms with van der Waals surface area (Å²) in [6.07, 6.45) is 5.52. The summed E-state index contributed by atoms with van der Waals surface area (Å²) >= 11 is 0. The van der Waals surface area contributed by atoms with E-state index in [2.05, 4.69) is 13.0 Å². The van der Waals surface area contributed by atoms with Gasteiger partial charge in [0.2, 0.25) is 0 Å². The molecule has 0 radical (unpaired) electrons. The second-order valence-corrected chi connectivity index (χ2v) is 9.70. The van der Waals surface area contributed by atoms with Crippen molar-refractivity contribution in [1.82, 2.24) is 4.89 Å². The predicted octanol–water partition coefficient (Wildman–Crippen LogP) is 2.94. The maximum absolute atomic E-state index is 12.5. The predicted molar refractivity (Wildman–Crippen MR) is 102 cm³/mol. The average molecular weight is 410 g/mol. The molecule has 0 unspecified atom stereocenters. The minimum atomic E-state index is -4.46. The summed E-state index contributed by atoms with van der Waals surface area (Å²) in [6.45, 7) is 2.43. The van der Waals surface area contributed by atoms with Crippen molar-refractivity contribution in [3.8, 4) is 5.75 Å². The summed E-state index contributed by atoms with van der Waals surface area (Å²) in [5, 5.41) is 0. The van der Waals surface area contributed by atoms with Crippen molar-refractivity contribution in [1.29, 1.82) is 0 Å². The molecular weight excluding hydrogens is 382 g/mol. The lowest BCUT2D eigenvalue weighted by Gasteiger charge is -2.48. The van der Waals surface area contributed by atoms with E-state index < -0.39 is 10.3 Å². The molecule has 1 aromatic carbocycles. The summed E-state index contributed by atoms with van der Waals surface area (Å²) in [4.78, 5) is 19.3. The average Bonchev–Trinajstić information content (AvgIpc) is 2.94. The molecule has 28 heavy (non-hydrogen) atoms. The SMILES string of the molecule is COCc1cc2c(cc1ONS(=O)(=O)O)CC[C@@H]1[C@@H]2CC[C@]2(C)C(=O)CC[C@@H]12. The van der Waals surface area contributed by atoms with Gasteiger partial charge in [0, 0.05) is 24.5 Å². The van der Waals surface area contributed by atoms with E-state index in [-0.39, 0.29) is 12.0 Å². The third kappa shape index (κ3) is 3.36. The highest BCUT2D eigenvalue weighted by molar-refractivity contribution is 7.83. The van der Waals surface area contributed by atoms with Gasteiger partial charge in [-0.2, -0.15) is 8.42 Å². The van der Waals surface area contributed by atoms with Gasteiger partial charge in [0.15, 0.2) is 5.75 Å². The molecule has 4 atom stereocenters. The molecule has 2 fully saturated rings. The second-order valence-electron chi connectivity index (χ2n) is 8.59. The fourth-order valence-electron chi connectivity index (χ4n) is 5.88. The van der Waals surface area contributed by atoms with E-state index in [1.54, 1.807) is 12.0 Å². The van der Waals surface area contributed by atoms with Gasteiger partial charge in [-0.25, -0.2) is 0 Å². The Morgan fingerprint density at radius 3 is 2.75 bits per heavy atom. The van der Waals surface area contributed by atoms with Crippen LogP contribution in [0.2, 0.25) is 0 Å². The first kappa shape index (κ1) is 19.8. The number of hydrogen-bond acceptors (Lipinski definition) is 5. The minimum Gasteiger partial charge on any atom is -0.392 e. The fraction of sp³-hybridized carbons (Fsp3) is 0.650. The first-order valence-corrected chi connectivity index (χ1v) is 11.3. The van der Waals surface area contributed by atoms with Crippen molar-refractivity contribution in [3.63, 3.8) is 0 Å². The van der Waals surface area contributed by atoms with Gasteiger partial charge in [0.1, 0.15) is 5.78 Å². The number of ketones is 1. The van der Waals surface area contributed by atoms with Gasteiger partial charge in [0.05, 0.1) is 6.61 Å². The van der Waals surface area contributed by atoms with Crippen LogP contribution in [0.1, 0.15) is 61.6 Å². The minimum absolute atomic E-state index is 0.156. The highest BCUT2D eigenvalue weighted by Crippen LogP contribution is 2.59. The van der Waals surface area contributed by atoms with E-state index in [1.165, 1.54) is 5.56 Å². The number of nitrogens with one attached hydrogen (secondary N) is 1. The van der Waals surface area contributed by atoms with Crippen LogP contribution in [0, 0.1) is 17.3 Å². The molecule has 0 bridgehead atoms. The molecule has 3 aliphatic carbocycles. The van der Waals surface area contributed by atoms with E-state index in [9.17, 15) is 13.2 Å². The Morgan fingerprint density at radius 1 is 1.25 bits per heavy atom. The number of fused-ring (bicyclic) bond motifs is 5. The number of Topliss-reactive ketones (excluding diaryl/α,β-unsaturated/α-hetero) is 1. The van der Waals surface area contributed by atoms with E-state index in [0.29, 0.717) is 35.7 Å². The Kier molecular flexibility index (Phi) is 5.02. The van der Waals surface area contributed by atoms with Gasteiger partial charge in [-0.05, 0) is 78.0 Å². The van der Waals surface area contributed by atoms with Crippen LogP contribution in [0.25, 0.3) is 0 Å². The highest BCUT2D eigenvalue weighted by atomic mass is 32.2. The van der Waals surface area contributed by atoms with E-state index in [1.807, 2.05) is 6.07 Å². The van der Waals surface area contributed by atoms with Crippen LogP contribution in [0.5, 0.6) is 5.75 Å². The second kappa shape index (κ2) is 7.09. The third-order valence-corrected chi connectivity index (χ3v) is 7.47. The Labute approximate surface area is 165 Å². The maximum atomic E-state index is 12.5. The number of rotatable bonds is 5. The summed E-state index contributed by atoms with van der Waals surface area (Å²) in [6, 6.07) is 3.90. The third-order valence-electron chi connectivity index (χ3n) is 7.17. The molecule has 2 N–H and O–H groups in total. The normalized spacial score (nSPS) is 31.8. The van der Waals surface area contributed by atoms with Crippen molar-refractivity contribution in [3.05, 3.63) is 28.8 Å². The highest BCUT2D eigenvalue weighted by Gasteiger charge is 2.54. The lowest BCUT2D eigenvalue weighted by Crippen LogP contribution is -2.42. The molecule has 2 saturated carbocycles. The maximum Gasteiger partial charge on any atom is 0.364 e. The molecule has 8 heteroatoms. The fourth-order valence-corrected chi connectivity index (χ4v) is 6.07. The van der Waals surface area contributed by atoms with Crippen LogP contribution in [0.4, 0.5) is 0 Å². The van der Waals surface area contributed by atoms with Crippen molar-refractivity contribution < 1.29 is 27.3 Å².